The molecule has 1 aliphatic heterocycles. The number of benzene rings is 2. The van der Waals surface area contributed by atoms with Gasteiger partial charge in [0, 0.05) is 0 Å². The highest BCUT2D eigenvalue weighted by atomic mass is 31.2. The Hall–Kier alpha value is -3.47. The number of carbonyl (C=O) groups is 3. The summed E-state index contributed by atoms with van der Waals surface area (Å²) in [5, 5.41) is 0. The molecule has 254 valence electrons. The molecular formula is C33H44FO11P. The van der Waals surface area contributed by atoms with Gasteiger partial charge in [-0.3, -0.25) is 14.4 Å². The number of carbonyl (C=O) groups excluding carboxylic acids is 3. The molecule has 46 heavy (non-hydrogen) atoms. The van der Waals surface area contributed by atoms with Crippen LogP contribution < -0.4 is 9.05 Å². The minimum atomic E-state index is -4.75. The maximum atomic E-state index is 16.6. The number of phosphoric ester groups is 1. The van der Waals surface area contributed by atoms with E-state index in [1.54, 1.807) is 98.7 Å². The maximum absolute atomic E-state index is 16.6. The Morgan fingerprint density at radius 3 is 1.52 bits per heavy atom. The standard InChI is InChI=1S/C33H44FO11P/c1-31(2,3)28(35)39-20-23-25(41-29(36)32(4,5)6)26(42-30(37)33(7,8)9)24(34)27(40-23)45-46(38,43-21-16-12-10-13-17-21)44-22-18-14-11-15-19-22/h10-19,23-27H,20H2,1-9H3/t23-,24-,25+,26-,27+/m1/s1. The van der Waals surface area contributed by atoms with E-state index in [1.807, 2.05) is 0 Å². The third kappa shape index (κ3) is 10.3. The van der Waals surface area contributed by atoms with Gasteiger partial charge in [-0.05, 0) is 86.6 Å². The van der Waals surface area contributed by atoms with Crippen molar-refractivity contribution < 1.29 is 55.9 Å². The molecule has 2 aromatic carbocycles. The van der Waals surface area contributed by atoms with Crippen molar-refractivity contribution in [2.45, 2.75) is 93.1 Å². The number of hydrogen-bond acceptors (Lipinski definition) is 11. The second-order valence-corrected chi connectivity index (χ2v) is 15.4. The smallest absolute Gasteiger partial charge is 0.462 e. The first-order valence-corrected chi connectivity index (χ1v) is 16.3. The SMILES string of the molecule is CC(C)(C)C(=O)OC[C@H]1O[C@@H](OP(=O)(Oc2ccccc2)Oc2ccccc2)[C@H](F)[C@@H](OC(=O)C(C)(C)C)[C@H]1OC(=O)C(C)(C)C. The molecule has 0 bridgehead atoms. The number of hydrogen-bond donors (Lipinski definition) is 0. The molecule has 11 nitrogen and oxygen atoms in total. The molecular weight excluding hydrogens is 622 g/mol. The van der Waals surface area contributed by atoms with Crippen LogP contribution in [0.2, 0.25) is 0 Å². The monoisotopic (exact) mass is 666 g/mol. The molecule has 0 amide bonds. The van der Waals surface area contributed by atoms with E-state index in [9.17, 15) is 18.9 Å². The Balaban J connectivity index is 2.06. The summed E-state index contributed by atoms with van der Waals surface area (Å²) in [6, 6.07) is 15.8. The normalized spacial score (nSPS) is 22.3. The van der Waals surface area contributed by atoms with Crippen LogP contribution in [0.1, 0.15) is 62.3 Å². The lowest BCUT2D eigenvalue weighted by Crippen LogP contribution is -2.61. The number of ether oxygens (including phenoxy) is 4. The van der Waals surface area contributed by atoms with Gasteiger partial charge in [0.05, 0.1) is 16.2 Å². The van der Waals surface area contributed by atoms with Gasteiger partial charge in [-0.25, -0.2) is 13.5 Å². The lowest BCUT2D eigenvalue weighted by molar-refractivity contribution is -0.278. The van der Waals surface area contributed by atoms with Gasteiger partial charge in [-0.2, -0.15) is 0 Å². The van der Waals surface area contributed by atoms with Gasteiger partial charge >= 0.3 is 25.7 Å². The van der Waals surface area contributed by atoms with Crippen molar-refractivity contribution in [1.29, 1.82) is 0 Å². The van der Waals surface area contributed by atoms with E-state index in [0.717, 1.165) is 0 Å². The first-order chi connectivity index (χ1) is 21.2. The number of para-hydroxylation sites is 2. The van der Waals surface area contributed by atoms with Gasteiger partial charge in [0.1, 0.15) is 24.2 Å². The first-order valence-electron chi connectivity index (χ1n) is 14.9. The molecule has 1 heterocycles. The van der Waals surface area contributed by atoms with Crippen molar-refractivity contribution in [3.05, 3.63) is 60.7 Å². The lowest BCUT2D eigenvalue weighted by Gasteiger charge is -2.43. The van der Waals surface area contributed by atoms with Gasteiger partial charge in [-0.15, -0.1) is 0 Å². The van der Waals surface area contributed by atoms with Crippen LogP contribution in [0.25, 0.3) is 0 Å². The molecule has 1 saturated heterocycles. The molecule has 1 fully saturated rings. The summed E-state index contributed by atoms with van der Waals surface area (Å²) in [5.74, 6) is -2.06. The summed E-state index contributed by atoms with van der Waals surface area (Å²) in [6.07, 6.45) is -9.32. The van der Waals surface area contributed by atoms with E-state index in [1.165, 1.54) is 24.3 Å². The molecule has 0 saturated carbocycles. The topological polar surface area (TPSA) is 133 Å². The second kappa shape index (κ2) is 14.5. The molecule has 0 N–H and O–H groups in total. The van der Waals surface area contributed by atoms with E-state index in [4.69, 9.17) is 32.5 Å². The van der Waals surface area contributed by atoms with Crippen LogP contribution in [0, 0.1) is 16.2 Å². The lowest BCUT2D eigenvalue weighted by atomic mass is 9.94. The Morgan fingerprint density at radius 1 is 0.696 bits per heavy atom. The molecule has 0 aliphatic carbocycles. The van der Waals surface area contributed by atoms with Crippen molar-refractivity contribution in [1.82, 2.24) is 0 Å². The van der Waals surface area contributed by atoms with Crippen LogP contribution in [-0.4, -0.2) is 55.3 Å². The zero-order chi connectivity index (χ0) is 34.5. The first kappa shape index (κ1) is 37.0. The predicted molar refractivity (Wildman–Crippen MR) is 165 cm³/mol. The van der Waals surface area contributed by atoms with Crippen LogP contribution in [-0.2, 0) is 42.4 Å². The third-order valence-corrected chi connectivity index (χ3v) is 7.76. The summed E-state index contributed by atoms with van der Waals surface area (Å²) in [6.45, 7) is 13.8. The fraction of sp³-hybridized carbons (Fsp3) is 0.545. The van der Waals surface area contributed by atoms with Gasteiger partial charge in [0.25, 0.3) is 0 Å². The largest absolute Gasteiger partial charge is 0.590 e. The number of phosphoric acid groups is 1. The van der Waals surface area contributed by atoms with Gasteiger partial charge < -0.3 is 28.0 Å². The average Bonchev–Trinajstić information content (AvgIpc) is 2.94. The Morgan fingerprint density at radius 2 is 1.11 bits per heavy atom. The molecule has 0 radical (unpaired) electrons. The molecule has 3 rings (SSSR count). The zero-order valence-electron chi connectivity index (χ0n) is 27.7. The number of halogens is 1. The van der Waals surface area contributed by atoms with Gasteiger partial charge in [0.15, 0.2) is 18.4 Å². The fourth-order valence-electron chi connectivity index (χ4n) is 3.75. The summed E-state index contributed by atoms with van der Waals surface area (Å²) in [5.41, 5.74) is -3.07. The van der Waals surface area contributed by atoms with Gasteiger partial charge in [-0.1, -0.05) is 36.4 Å². The molecule has 1 aliphatic rings. The zero-order valence-corrected chi connectivity index (χ0v) is 28.6. The second-order valence-electron chi connectivity index (χ2n) is 13.9. The van der Waals surface area contributed by atoms with E-state index in [2.05, 4.69) is 0 Å². The molecule has 13 heteroatoms. The molecule has 2 aromatic rings. The van der Waals surface area contributed by atoms with Gasteiger partial charge in [0.2, 0.25) is 6.29 Å². The van der Waals surface area contributed by atoms with Crippen LogP contribution in [0.5, 0.6) is 11.5 Å². The molecule has 0 spiro atoms. The third-order valence-electron chi connectivity index (χ3n) is 6.43. The fourth-order valence-corrected chi connectivity index (χ4v) is 5.05. The average molecular weight is 667 g/mol. The van der Waals surface area contributed by atoms with Crippen molar-refractivity contribution in [2.75, 3.05) is 6.61 Å². The Labute approximate surface area is 269 Å². The summed E-state index contributed by atoms with van der Waals surface area (Å²) in [4.78, 5) is 38.9. The molecule has 0 unspecified atom stereocenters. The van der Waals surface area contributed by atoms with Crippen LogP contribution in [0.4, 0.5) is 4.39 Å². The molecule has 0 aromatic heterocycles. The highest BCUT2D eigenvalue weighted by Crippen LogP contribution is 2.52. The summed E-state index contributed by atoms with van der Waals surface area (Å²) < 4.78 is 70.3. The quantitative estimate of drug-likeness (QED) is 0.150. The Bertz CT molecular complexity index is 1330. The minimum absolute atomic E-state index is 0.0799. The van der Waals surface area contributed by atoms with Crippen molar-refractivity contribution in [2.24, 2.45) is 16.2 Å². The Kier molecular flexibility index (Phi) is 11.7. The summed E-state index contributed by atoms with van der Waals surface area (Å²) in [7, 11) is -4.75. The molecule has 5 atom stereocenters. The number of esters is 3. The van der Waals surface area contributed by atoms with Crippen LogP contribution >= 0.6 is 7.82 Å². The minimum Gasteiger partial charge on any atom is -0.462 e. The highest BCUT2D eigenvalue weighted by Gasteiger charge is 2.55. The summed E-state index contributed by atoms with van der Waals surface area (Å²) >= 11 is 0. The van der Waals surface area contributed by atoms with E-state index in [-0.39, 0.29) is 11.5 Å². The number of alkyl halides is 1. The predicted octanol–water partition coefficient (Wildman–Crippen LogP) is 6.84. The number of rotatable bonds is 10. The van der Waals surface area contributed by atoms with Crippen LogP contribution in [0.15, 0.2) is 60.7 Å². The van der Waals surface area contributed by atoms with Crippen LogP contribution in [0.3, 0.4) is 0 Å². The van der Waals surface area contributed by atoms with Crippen molar-refractivity contribution >= 4 is 25.7 Å². The van der Waals surface area contributed by atoms with E-state index >= 15 is 4.39 Å². The van der Waals surface area contributed by atoms with E-state index in [0.29, 0.717) is 0 Å². The maximum Gasteiger partial charge on any atom is 0.590 e. The highest BCUT2D eigenvalue weighted by molar-refractivity contribution is 7.49. The van der Waals surface area contributed by atoms with Crippen molar-refractivity contribution in [3.8, 4) is 11.5 Å². The van der Waals surface area contributed by atoms with E-state index < -0.39 is 79.4 Å². The van der Waals surface area contributed by atoms with Crippen molar-refractivity contribution in [3.63, 3.8) is 0 Å².